The Hall–Kier alpha value is -1.41. The quantitative estimate of drug-likeness (QED) is 0.792. The van der Waals surface area contributed by atoms with Gasteiger partial charge in [0.25, 0.3) is 0 Å². The maximum atomic E-state index is 5.76. The van der Waals surface area contributed by atoms with Crippen molar-refractivity contribution < 1.29 is 4.74 Å². The van der Waals surface area contributed by atoms with E-state index in [-0.39, 0.29) is 0 Å². The summed E-state index contributed by atoms with van der Waals surface area (Å²) in [4.78, 5) is 8.49. The lowest BCUT2D eigenvalue weighted by atomic mass is 10.3. The third-order valence-corrected chi connectivity index (χ3v) is 3.06. The molecule has 1 heterocycles. The van der Waals surface area contributed by atoms with Crippen LogP contribution >= 0.6 is 22.6 Å². The largest absolute Gasteiger partial charge is 0.384 e. The highest BCUT2D eigenvalue weighted by atomic mass is 127. The van der Waals surface area contributed by atoms with Gasteiger partial charge in [-0.05, 0) is 53.8 Å². The third-order valence-electron chi connectivity index (χ3n) is 2.34. The molecule has 0 spiro atoms. The normalized spacial score (nSPS) is 10.4. The molecule has 3 N–H and O–H groups in total. The first-order valence-electron chi connectivity index (χ1n) is 5.91. The first-order chi connectivity index (χ1) is 9.17. The Morgan fingerprint density at radius 2 is 2.00 bits per heavy atom. The summed E-state index contributed by atoms with van der Waals surface area (Å²) in [5.74, 6) is 1.68. The van der Waals surface area contributed by atoms with Gasteiger partial charge >= 0.3 is 0 Å². The van der Waals surface area contributed by atoms with E-state index in [1.807, 2.05) is 31.2 Å². The van der Waals surface area contributed by atoms with Crippen molar-refractivity contribution in [2.24, 2.45) is 0 Å². The van der Waals surface area contributed by atoms with Crippen molar-refractivity contribution in [2.75, 3.05) is 17.7 Å². The van der Waals surface area contributed by atoms with Gasteiger partial charge in [-0.15, -0.1) is 0 Å². The zero-order valence-electron chi connectivity index (χ0n) is 10.6. The Morgan fingerprint density at radius 1 is 1.26 bits per heavy atom. The molecule has 0 saturated carbocycles. The van der Waals surface area contributed by atoms with Gasteiger partial charge < -0.3 is 15.8 Å². The molecule has 0 fully saturated rings. The summed E-state index contributed by atoms with van der Waals surface area (Å²) in [6.45, 7) is 2.91. The lowest BCUT2D eigenvalue weighted by Crippen LogP contribution is -2.05. The van der Waals surface area contributed by atoms with Crippen LogP contribution in [-0.2, 0) is 11.3 Å². The summed E-state index contributed by atoms with van der Waals surface area (Å²) < 4.78 is 6.47. The van der Waals surface area contributed by atoms with E-state index in [2.05, 4.69) is 37.9 Å². The predicted octanol–water partition coefficient (Wildman–Crippen LogP) is 2.94. The molecule has 0 unspecified atom stereocenters. The topological polar surface area (TPSA) is 73.1 Å². The first-order valence-corrected chi connectivity index (χ1v) is 6.99. The third kappa shape index (κ3) is 4.32. The van der Waals surface area contributed by atoms with Gasteiger partial charge in [0, 0.05) is 21.9 Å². The van der Waals surface area contributed by atoms with Crippen LogP contribution in [0.5, 0.6) is 0 Å². The molecule has 1 aromatic carbocycles. The number of nitrogens with two attached hydrogens (primary N) is 1. The second-order valence-electron chi connectivity index (χ2n) is 3.86. The first kappa shape index (κ1) is 14.0. The highest BCUT2D eigenvalue weighted by Crippen LogP contribution is 2.17. The van der Waals surface area contributed by atoms with E-state index in [1.165, 1.54) is 3.57 Å². The second kappa shape index (κ2) is 6.67. The number of ether oxygens (including phenoxy) is 1. The van der Waals surface area contributed by atoms with E-state index in [0.29, 0.717) is 30.7 Å². The molecule has 2 rings (SSSR count). The number of anilines is 3. The summed E-state index contributed by atoms with van der Waals surface area (Å²) in [6, 6.07) is 9.72. The Balaban J connectivity index is 2.15. The molecule has 5 nitrogen and oxygen atoms in total. The fourth-order valence-electron chi connectivity index (χ4n) is 1.52. The van der Waals surface area contributed by atoms with Crippen LogP contribution in [0.2, 0.25) is 0 Å². The Labute approximate surface area is 125 Å². The van der Waals surface area contributed by atoms with Gasteiger partial charge in [0.2, 0.25) is 0 Å². The number of rotatable bonds is 5. The minimum atomic E-state index is 0.364. The summed E-state index contributed by atoms with van der Waals surface area (Å²) in [6.07, 6.45) is 0. The molecular formula is C13H15IN4O. The number of nitrogen functional groups attached to an aromatic ring is 1. The van der Waals surface area contributed by atoms with E-state index < -0.39 is 0 Å². The number of halogens is 1. The molecule has 0 atom stereocenters. The number of nitrogens with zero attached hydrogens (tertiary/aromatic N) is 2. The molecule has 0 amide bonds. The summed E-state index contributed by atoms with van der Waals surface area (Å²) in [7, 11) is 0. The van der Waals surface area contributed by atoms with Gasteiger partial charge in [-0.1, -0.05) is 0 Å². The van der Waals surface area contributed by atoms with Crippen LogP contribution in [0, 0.1) is 3.57 Å². The second-order valence-corrected chi connectivity index (χ2v) is 5.11. The van der Waals surface area contributed by atoms with Crippen molar-refractivity contribution in [2.45, 2.75) is 13.5 Å². The summed E-state index contributed by atoms with van der Waals surface area (Å²) in [5.41, 5.74) is 6.72. The monoisotopic (exact) mass is 370 g/mol. The fourth-order valence-corrected chi connectivity index (χ4v) is 1.88. The fraction of sp³-hybridized carbons (Fsp3) is 0.231. The average molecular weight is 370 g/mol. The van der Waals surface area contributed by atoms with Crippen LogP contribution in [0.25, 0.3) is 0 Å². The maximum Gasteiger partial charge on any atom is 0.158 e. The van der Waals surface area contributed by atoms with E-state index in [0.717, 1.165) is 5.69 Å². The summed E-state index contributed by atoms with van der Waals surface area (Å²) >= 11 is 2.26. The van der Waals surface area contributed by atoms with Gasteiger partial charge in [-0.2, -0.15) is 0 Å². The minimum absolute atomic E-state index is 0.364. The number of aromatic nitrogens is 2. The average Bonchev–Trinajstić information content (AvgIpc) is 2.38. The molecule has 0 aliphatic carbocycles. The van der Waals surface area contributed by atoms with E-state index in [1.54, 1.807) is 6.07 Å². The van der Waals surface area contributed by atoms with Crippen LogP contribution in [0.1, 0.15) is 12.7 Å². The standard InChI is InChI=1S/C13H15IN4O/c1-2-19-8-13-17-11(15)7-12(18-13)16-10-5-3-9(14)4-6-10/h3-7H,2,8H2,1H3,(H3,15,16,17,18). The van der Waals surface area contributed by atoms with Crippen LogP contribution in [0.3, 0.4) is 0 Å². The summed E-state index contributed by atoms with van der Waals surface area (Å²) in [5, 5.41) is 3.20. The zero-order valence-corrected chi connectivity index (χ0v) is 12.7. The molecule has 6 heteroatoms. The van der Waals surface area contributed by atoms with Crippen LogP contribution < -0.4 is 11.1 Å². The number of hydrogen-bond donors (Lipinski definition) is 2. The molecule has 100 valence electrons. The SMILES string of the molecule is CCOCc1nc(N)cc(Nc2ccc(I)cc2)n1. The van der Waals surface area contributed by atoms with Crippen LogP contribution in [0.15, 0.2) is 30.3 Å². The lowest BCUT2D eigenvalue weighted by Gasteiger charge is -2.08. The van der Waals surface area contributed by atoms with Crippen molar-refractivity contribution in [3.63, 3.8) is 0 Å². The van der Waals surface area contributed by atoms with Crippen molar-refractivity contribution in [3.05, 3.63) is 39.7 Å². The molecule has 19 heavy (non-hydrogen) atoms. The Morgan fingerprint density at radius 3 is 2.68 bits per heavy atom. The molecule has 1 aromatic heterocycles. The number of hydrogen-bond acceptors (Lipinski definition) is 5. The Kier molecular flexibility index (Phi) is 4.92. The van der Waals surface area contributed by atoms with Crippen molar-refractivity contribution in [1.82, 2.24) is 9.97 Å². The molecule has 0 bridgehead atoms. The zero-order chi connectivity index (χ0) is 13.7. The van der Waals surface area contributed by atoms with Crippen molar-refractivity contribution >= 4 is 39.9 Å². The molecular weight excluding hydrogens is 355 g/mol. The highest BCUT2D eigenvalue weighted by molar-refractivity contribution is 14.1. The molecule has 0 aliphatic heterocycles. The van der Waals surface area contributed by atoms with Gasteiger partial charge in [-0.3, -0.25) is 0 Å². The van der Waals surface area contributed by atoms with Gasteiger partial charge in [0.05, 0.1) is 0 Å². The molecule has 2 aromatic rings. The van der Waals surface area contributed by atoms with E-state index in [4.69, 9.17) is 10.5 Å². The molecule has 0 aliphatic rings. The maximum absolute atomic E-state index is 5.76. The smallest absolute Gasteiger partial charge is 0.158 e. The van der Waals surface area contributed by atoms with E-state index in [9.17, 15) is 0 Å². The minimum Gasteiger partial charge on any atom is -0.384 e. The molecule has 0 saturated heterocycles. The van der Waals surface area contributed by atoms with Crippen LogP contribution in [-0.4, -0.2) is 16.6 Å². The van der Waals surface area contributed by atoms with Crippen LogP contribution in [0.4, 0.5) is 17.3 Å². The Bertz CT molecular complexity index is 545. The highest BCUT2D eigenvalue weighted by Gasteiger charge is 2.03. The van der Waals surface area contributed by atoms with Gasteiger partial charge in [0.15, 0.2) is 5.82 Å². The predicted molar refractivity (Wildman–Crippen MR) is 84.2 cm³/mol. The van der Waals surface area contributed by atoms with Gasteiger partial charge in [0.1, 0.15) is 18.2 Å². The number of nitrogens with one attached hydrogen (secondary N) is 1. The van der Waals surface area contributed by atoms with Crippen molar-refractivity contribution in [1.29, 1.82) is 0 Å². The molecule has 0 radical (unpaired) electrons. The van der Waals surface area contributed by atoms with E-state index >= 15 is 0 Å². The van der Waals surface area contributed by atoms with Gasteiger partial charge in [-0.25, -0.2) is 9.97 Å². The lowest BCUT2D eigenvalue weighted by molar-refractivity contribution is 0.128. The number of benzene rings is 1. The van der Waals surface area contributed by atoms with Crippen molar-refractivity contribution in [3.8, 4) is 0 Å².